The summed E-state index contributed by atoms with van der Waals surface area (Å²) >= 11 is 0. The second-order valence-electron chi connectivity index (χ2n) is 6.47. The normalized spacial score (nSPS) is 22.9. The van der Waals surface area contributed by atoms with E-state index in [0.717, 1.165) is 31.4 Å². The fourth-order valence-electron chi connectivity index (χ4n) is 2.93. The Kier molecular flexibility index (Phi) is 4.26. The van der Waals surface area contributed by atoms with Gasteiger partial charge in [0, 0.05) is 25.4 Å². The second-order valence-corrected chi connectivity index (χ2v) is 6.47. The topological polar surface area (TPSA) is 42.4 Å². The highest BCUT2D eigenvalue weighted by Crippen LogP contribution is 2.43. The van der Waals surface area contributed by atoms with Crippen LogP contribution in [0.15, 0.2) is 24.4 Å². The quantitative estimate of drug-likeness (QED) is 0.908. The third-order valence-electron chi connectivity index (χ3n) is 4.59. The molecule has 0 bridgehead atoms. The summed E-state index contributed by atoms with van der Waals surface area (Å²) in [6, 6.07) is 5.81. The van der Waals surface area contributed by atoms with E-state index < -0.39 is 11.7 Å². The zero-order valence-electron chi connectivity index (χ0n) is 12.2. The minimum atomic E-state index is -0.483. The summed E-state index contributed by atoms with van der Waals surface area (Å²) in [5.74, 6) is 0. The van der Waals surface area contributed by atoms with Gasteiger partial charge in [-0.05, 0) is 43.2 Å². The van der Waals surface area contributed by atoms with Crippen molar-refractivity contribution in [1.82, 2.24) is 4.98 Å². The van der Waals surface area contributed by atoms with E-state index in [-0.39, 0.29) is 0 Å². The van der Waals surface area contributed by atoms with Crippen LogP contribution in [0.25, 0.3) is 0 Å². The van der Waals surface area contributed by atoms with Crippen LogP contribution in [0.4, 0.5) is 0 Å². The van der Waals surface area contributed by atoms with Crippen LogP contribution >= 0.6 is 0 Å². The summed E-state index contributed by atoms with van der Waals surface area (Å²) in [4.78, 5) is 4.29. The Hall–Kier alpha value is -0.930. The molecule has 3 nitrogen and oxygen atoms in total. The van der Waals surface area contributed by atoms with Gasteiger partial charge in [-0.2, -0.15) is 0 Å². The highest BCUT2D eigenvalue weighted by atomic mass is 16.5. The molecule has 1 fully saturated rings. The minimum absolute atomic E-state index is 0.368. The molecule has 1 heterocycles. The first-order chi connectivity index (χ1) is 8.97. The molecule has 2 rings (SSSR count). The smallest absolute Gasteiger partial charge is 0.0940 e. The predicted molar refractivity (Wildman–Crippen MR) is 75.9 cm³/mol. The average Bonchev–Trinajstić information content (AvgIpc) is 2.40. The molecule has 1 aliphatic rings. The molecule has 1 aromatic rings. The van der Waals surface area contributed by atoms with Crippen molar-refractivity contribution < 1.29 is 9.84 Å². The van der Waals surface area contributed by atoms with Crippen molar-refractivity contribution in [3.63, 3.8) is 0 Å². The summed E-state index contributed by atoms with van der Waals surface area (Å²) in [7, 11) is 1.72. The summed E-state index contributed by atoms with van der Waals surface area (Å²) < 4.78 is 5.73. The summed E-state index contributed by atoms with van der Waals surface area (Å²) in [6.45, 7) is 4.58. The van der Waals surface area contributed by atoms with Crippen molar-refractivity contribution in [1.29, 1.82) is 0 Å². The van der Waals surface area contributed by atoms with Gasteiger partial charge in [0.25, 0.3) is 0 Å². The molecule has 1 aromatic heterocycles. The van der Waals surface area contributed by atoms with E-state index in [2.05, 4.69) is 18.8 Å². The molecule has 3 heteroatoms. The van der Waals surface area contributed by atoms with Crippen molar-refractivity contribution >= 4 is 0 Å². The lowest BCUT2D eigenvalue weighted by Gasteiger charge is -2.45. The number of hydrogen-bond donors (Lipinski definition) is 1. The van der Waals surface area contributed by atoms with Crippen molar-refractivity contribution in [2.24, 2.45) is 5.41 Å². The van der Waals surface area contributed by atoms with Crippen molar-refractivity contribution in [3.05, 3.63) is 30.1 Å². The highest BCUT2D eigenvalue weighted by Gasteiger charge is 2.43. The molecular formula is C16H25NO2. The molecule has 1 unspecified atom stereocenters. The predicted octanol–water partition coefficient (Wildman–Crippen LogP) is 2.97. The van der Waals surface area contributed by atoms with Crippen LogP contribution in [0.1, 0.15) is 45.2 Å². The van der Waals surface area contributed by atoms with E-state index >= 15 is 0 Å². The lowest BCUT2D eigenvalue weighted by Crippen LogP contribution is -2.49. The van der Waals surface area contributed by atoms with Gasteiger partial charge in [0.1, 0.15) is 0 Å². The Morgan fingerprint density at radius 1 is 1.26 bits per heavy atom. The average molecular weight is 263 g/mol. The lowest BCUT2D eigenvalue weighted by molar-refractivity contribution is -0.135. The van der Waals surface area contributed by atoms with E-state index in [0.29, 0.717) is 11.8 Å². The van der Waals surface area contributed by atoms with Crippen LogP contribution < -0.4 is 0 Å². The Labute approximate surface area is 116 Å². The van der Waals surface area contributed by atoms with Gasteiger partial charge in [0.2, 0.25) is 0 Å². The van der Waals surface area contributed by atoms with Gasteiger partial charge in [-0.25, -0.2) is 0 Å². The molecular weight excluding hydrogens is 238 g/mol. The van der Waals surface area contributed by atoms with Crippen LogP contribution in [-0.4, -0.2) is 28.9 Å². The number of aliphatic hydroxyl groups is 1. The first kappa shape index (κ1) is 14.5. The second kappa shape index (κ2) is 5.59. The standard InChI is InChI=1S/C16H25NO2/c1-15(2)7-9-16(19-3,10-8-15)14(18)12-13-6-4-5-11-17-13/h4-6,11,14,18H,7-10,12H2,1-3H3. The van der Waals surface area contributed by atoms with Crippen molar-refractivity contribution in [2.75, 3.05) is 7.11 Å². The number of rotatable bonds is 4. The van der Waals surface area contributed by atoms with Crippen LogP contribution in [0.5, 0.6) is 0 Å². The Bertz CT molecular complexity index is 392. The van der Waals surface area contributed by atoms with Crippen molar-refractivity contribution in [3.8, 4) is 0 Å². The molecule has 1 aliphatic carbocycles. The summed E-state index contributed by atoms with van der Waals surface area (Å²) in [5, 5.41) is 10.6. The van der Waals surface area contributed by atoms with Crippen LogP contribution in [0.3, 0.4) is 0 Å². The van der Waals surface area contributed by atoms with Gasteiger partial charge in [-0.15, -0.1) is 0 Å². The first-order valence-corrected chi connectivity index (χ1v) is 7.11. The monoisotopic (exact) mass is 263 g/mol. The summed E-state index contributed by atoms with van der Waals surface area (Å²) in [6.07, 6.45) is 5.89. The molecule has 1 atom stereocenters. The van der Waals surface area contributed by atoms with E-state index in [1.807, 2.05) is 18.2 Å². The van der Waals surface area contributed by atoms with Gasteiger partial charge in [0.05, 0.1) is 11.7 Å². The molecule has 1 saturated carbocycles. The number of hydrogen-bond acceptors (Lipinski definition) is 3. The number of pyridine rings is 1. The van der Waals surface area contributed by atoms with Gasteiger partial charge in [-0.1, -0.05) is 19.9 Å². The van der Waals surface area contributed by atoms with Gasteiger partial charge >= 0.3 is 0 Å². The zero-order valence-corrected chi connectivity index (χ0v) is 12.2. The molecule has 0 aliphatic heterocycles. The Morgan fingerprint density at radius 2 is 1.95 bits per heavy atom. The maximum atomic E-state index is 10.6. The van der Waals surface area contributed by atoms with Gasteiger partial charge < -0.3 is 9.84 Å². The third kappa shape index (κ3) is 3.34. The third-order valence-corrected chi connectivity index (χ3v) is 4.59. The summed E-state index contributed by atoms with van der Waals surface area (Å²) in [5.41, 5.74) is 0.899. The number of nitrogens with zero attached hydrogens (tertiary/aromatic N) is 1. The van der Waals surface area contributed by atoms with E-state index in [9.17, 15) is 5.11 Å². The fraction of sp³-hybridized carbons (Fsp3) is 0.688. The number of ether oxygens (including phenoxy) is 1. The largest absolute Gasteiger partial charge is 0.390 e. The number of methoxy groups -OCH3 is 1. The zero-order chi connectivity index (χ0) is 13.9. The SMILES string of the molecule is COC1(C(O)Cc2ccccn2)CCC(C)(C)CC1. The molecule has 106 valence electrons. The lowest BCUT2D eigenvalue weighted by atomic mass is 9.68. The Balaban J connectivity index is 2.05. The highest BCUT2D eigenvalue weighted by molar-refractivity contribution is 5.07. The maximum absolute atomic E-state index is 10.6. The van der Waals surface area contributed by atoms with E-state index in [1.165, 1.54) is 0 Å². The van der Waals surface area contributed by atoms with Crippen LogP contribution in [0.2, 0.25) is 0 Å². The van der Waals surface area contributed by atoms with Gasteiger partial charge in [-0.3, -0.25) is 4.98 Å². The molecule has 0 spiro atoms. The molecule has 1 N–H and O–H groups in total. The van der Waals surface area contributed by atoms with Crippen molar-refractivity contribution in [2.45, 2.75) is 57.7 Å². The first-order valence-electron chi connectivity index (χ1n) is 7.11. The molecule has 0 aromatic carbocycles. The van der Waals surface area contributed by atoms with Crippen LogP contribution in [-0.2, 0) is 11.2 Å². The number of aromatic nitrogens is 1. The van der Waals surface area contributed by atoms with E-state index in [4.69, 9.17) is 4.74 Å². The van der Waals surface area contributed by atoms with Crippen LogP contribution in [0, 0.1) is 5.41 Å². The van der Waals surface area contributed by atoms with Gasteiger partial charge in [0.15, 0.2) is 0 Å². The van der Waals surface area contributed by atoms with E-state index in [1.54, 1.807) is 13.3 Å². The minimum Gasteiger partial charge on any atom is -0.390 e. The Morgan fingerprint density at radius 3 is 2.47 bits per heavy atom. The number of aliphatic hydroxyl groups excluding tert-OH is 1. The molecule has 0 saturated heterocycles. The molecule has 0 radical (unpaired) electrons. The maximum Gasteiger partial charge on any atom is 0.0940 e. The molecule has 19 heavy (non-hydrogen) atoms. The fourth-order valence-corrected chi connectivity index (χ4v) is 2.93. The molecule has 0 amide bonds.